The van der Waals surface area contributed by atoms with E-state index in [0.717, 1.165) is 31.4 Å². The molecule has 0 radical (unpaired) electrons. The van der Waals surface area contributed by atoms with Crippen molar-refractivity contribution in [1.29, 1.82) is 0 Å². The molecule has 2 aromatic rings. The van der Waals surface area contributed by atoms with Crippen LogP contribution in [0.25, 0.3) is 0 Å². The number of nitrogens with one attached hydrogen (secondary N) is 2. The van der Waals surface area contributed by atoms with Crippen molar-refractivity contribution in [2.24, 2.45) is 0 Å². The molecule has 0 bridgehead atoms. The Morgan fingerprint density at radius 3 is 2.65 bits per heavy atom. The normalized spacial score (nSPS) is 10.4. The standard InChI is InChI=1S/C17H19F2N3O/c1-2-3-4-9-20-17(23)16-8-6-13(11-21-16)22-15-7-5-12(18)10-14(15)19/h5-8,10-11,22H,2-4,9H2,1H3,(H,20,23). The van der Waals surface area contributed by atoms with Crippen LogP contribution in [0.3, 0.4) is 0 Å². The minimum atomic E-state index is -0.692. The fourth-order valence-corrected chi connectivity index (χ4v) is 2.02. The Hall–Kier alpha value is -2.50. The van der Waals surface area contributed by atoms with Crippen LogP contribution in [-0.4, -0.2) is 17.4 Å². The molecule has 2 N–H and O–H groups in total. The van der Waals surface area contributed by atoms with Crippen LogP contribution in [0.5, 0.6) is 0 Å². The van der Waals surface area contributed by atoms with Gasteiger partial charge in [-0.3, -0.25) is 4.79 Å². The van der Waals surface area contributed by atoms with Crippen LogP contribution in [-0.2, 0) is 0 Å². The number of carbonyl (C=O) groups excluding carboxylic acids is 1. The third-order valence-electron chi connectivity index (χ3n) is 3.27. The molecule has 4 nitrogen and oxygen atoms in total. The van der Waals surface area contributed by atoms with Crippen molar-refractivity contribution in [3.8, 4) is 0 Å². The molecule has 1 aromatic carbocycles. The van der Waals surface area contributed by atoms with E-state index in [2.05, 4.69) is 22.5 Å². The molecule has 0 aliphatic rings. The number of pyridine rings is 1. The molecule has 0 fully saturated rings. The summed E-state index contributed by atoms with van der Waals surface area (Å²) >= 11 is 0. The quantitative estimate of drug-likeness (QED) is 0.758. The average Bonchev–Trinajstić information content (AvgIpc) is 2.55. The summed E-state index contributed by atoms with van der Waals surface area (Å²) in [6, 6.07) is 6.44. The van der Waals surface area contributed by atoms with Crippen LogP contribution in [0.1, 0.15) is 36.7 Å². The molecular formula is C17H19F2N3O. The van der Waals surface area contributed by atoms with Crippen LogP contribution >= 0.6 is 0 Å². The number of halogens is 2. The number of carbonyl (C=O) groups is 1. The highest BCUT2D eigenvalue weighted by molar-refractivity contribution is 5.92. The summed E-state index contributed by atoms with van der Waals surface area (Å²) in [6.07, 6.45) is 4.53. The fraction of sp³-hybridized carbons (Fsp3) is 0.294. The Morgan fingerprint density at radius 2 is 2.00 bits per heavy atom. The molecule has 0 saturated heterocycles. The lowest BCUT2D eigenvalue weighted by Gasteiger charge is -2.08. The molecule has 1 heterocycles. The first kappa shape index (κ1) is 16.9. The second kappa shape index (κ2) is 8.22. The Morgan fingerprint density at radius 1 is 1.17 bits per heavy atom. The lowest BCUT2D eigenvalue weighted by atomic mass is 10.2. The van der Waals surface area contributed by atoms with Gasteiger partial charge in [0.25, 0.3) is 5.91 Å². The molecular weight excluding hydrogens is 300 g/mol. The Kier molecular flexibility index (Phi) is 6.02. The first-order chi connectivity index (χ1) is 11.1. The number of anilines is 2. The van der Waals surface area contributed by atoms with Crippen molar-refractivity contribution in [2.75, 3.05) is 11.9 Å². The van der Waals surface area contributed by atoms with Crippen molar-refractivity contribution >= 4 is 17.3 Å². The van der Waals surface area contributed by atoms with Crippen LogP contribution < -0.4 is 10.6 Å². The van der Waals surface area contributed by atoms with Gasteiger partial charge in [0, 0.05) is 12.6 Å². The predicted octanol–water partition coefficient (Wildman–Crippen LogP) is 4.02. The molecule has 0 aliphatic carbocycles. The molecule has 1 aromatic heterocycles. The molecule has 0 saturated carbocycles. The number of hydrogen-bond acceptors (Lipinski definition) is 3. The Balaban J connectivity index is 1.95. The van der Waals surface area contributed by atoms with Gasteiger partial charge in [0.05, 0.1) is 17.6 Å². The van der Waals surface area contributed by atoms with Crippen LogP contribution in [0.4, 0.5) is 20.2 Å². The molecule has 23 heavy (non-hydrogen) atoms. The second-order valence-electron chi connectivity index (χ2n) is 5.14. The first-order valence-corrected chi connectivity index (χ1v) is 7.56. The van der Waals surface area contributed by atoms with E-state index >= 15 is 0 Å². The largest absolute Gasteiger partial charge is 0.352 e. The monoisotopic (exact) mass is 319 g/mol. The summed E-state index contributed by atoms with van der Waals surface area (Å²) in [5, 5.41) is 5.58. The van der Waals surface area contributed by atoms with Crippen molar-refractivity contribution in [1.82, 2.24) is 10.3 Å². The van der Waals surface area contributed by atoms with E-state index in [1.807, 2.05) is 0 Å². The lowest BCUT2D eigenvalue weighted by molar-refractivity contribution is 0.0948. The van der Waals surface area contributed by atoms with E-state index in [-0.39, 0.29) is 11.6 Å². The van der Waals surface area contributed by atoms with E-state index < -0.39 is 11.6 Å². The zero-order valence-electron chi connectivity index (χ0n) is 12.9. The highest BCUT2D eigenvalue weighted by atomic mass is 19.1. The van der Waals surface area contributed by atoms with Crippen LogP contribution in [0.2, 0.25) is 0 Å². The summed E-state index contributed by atoms with van der Waals surface area (Å²) in [6.45, 7) is 2.72. The number of nitrogens with zero attached hydrogens (tertiary/aromatic N) is 1. The zero-order valence-corrected chi connectivity index (χ0v) is 12.9. The topological polar surface area (TPSA) is 54.0 Å². The highest BCUT2D eigenvalue weighted by Gasteiger charge is 2.08. The summed E-state index contributed by atoms with van der Waals surface area (Å²) in [7, 11) is 0. The number of amides is 1. The minimum Gasteiger partial charge on any atom is -0.352 e. The number of aromatic nitrogens is 1. The van der Waals surface area contributed by atoms with Gasteiger partial charge in [-0.1, -0.05) is 19.8 Å². The number of benzene rings is 1. The van der Waals surface area contributed by atoms with Gasteiger partial charge < -0.3 is 10.6 Å². The van der Waals surface area contributed by atoms with Gasteiger partial charge >= 0.3 is 0 Å². The maximum Gasteiger partial charge on any atom is 0.269 e. The number of rotatable bonds is 7. The molecule has 2 rings (SSSR count). The minimum absolute atomic E-state index is 0.143. The second-order valence-corrected chi connectivity index (χ2v) is 5.14. The lowest BCUT2D eigenvalue weighted by Crippen LogP contribution is -2.25. The number of unbranched alkanes of at least 4 members (excludes halogenated alkanes) is 2. The van der Waals surface area contributed by atoms with Gasteiger partial charge in [-0.15, -0.1) is 0 Å². The highest BCUT2D eigenvalue weighted by Crippen LogP contribution is 2.20. The van der Waals surface area contributed by atoms with E-state index in [1.165, 1.54) is 12.3 Å². The van der Waals surface area contributed by atoms with E-state index in [4.69, 9.17) is 0 Å². The van der Waals surface area contributed by atoms with Crippen LogP contribution in [0.15, 0.2) is 36.5 Å². The molecule has 1 amide bonds. The van der Waals surface area contributed by atoms with Gasteiger partial charge in [0.1, 0.15) is 17.3 Å². The molecule has 0 atom stereocenters. The molecule has 0 spiro atoms. The smallest absolute Gasteiger partial charge is 0.269 e. The van der Waals surface area contributed by atoms with E-state index in [1.54, 1.807) is 12.1 Å². The van der Waals surface area contributed by atoms with Gasteiger partial charge in [-0.25, -0.2) is 13.8 Å². The maximum absolute atomic E-state index is 13.6. The van der Waals surface area contributed by atoms with E-state index in [9.17, 15) is 13.6 Å². The zero-order chi connectivity index (χ0) is 16.7. The molecule has 6 heteroatoms. The molecule has 122 valence electrons. The molecule has 0 unspecified atom stereocenters. The van der Waals surface area contributed by atoms with Crippen LogP contribution in [0, 0.1) is 11.6 Å². The van der Waals surface area contributed by atoms with Gasteiger partial charge in [-0.2, -0.15) is 0 Å². The fourth-order valence-electron chi connectivity index (χ4n) is 2.02. The summed E-state index contributed by atoms with van der Waals surface area (Å²) < 4.78 is 26.4. The van der Waals surface area contributed by atoms with Gasteiger partial charge in [-0.05, 0) is 30.7 Å². The SMILES string of the molecule is CCCCCNC(=O)c1ccc(Nc2ccc(F)cc2F)cn1. The molecule has 0 aliphatic heterocycles. The summed E-state index contributed by atoms with van der Waals surface area (Å²) in [5.41, 5.74) is 0.953. The van der Waals surface area contributed by atoms with Crippen molar-refractivity contribution in [3.63, 3.8) is 0 Å². The Labute approximate surface area is 133 Å². The Bertz CT molecular complexity index is 659. The van der Waals surface area contributed by atoms with Gasteiger partial charge in [0.15, 0.2) is 0 Å². The van der Waals surface area contributed by atoms with E-state index in [0.29, 0.717) is 17.9 Å². The summed E-state index contributed by atoms with van der Waals surface area (Å²) in [5.74, 6) is -1.57. The first-order valence-electron chi connectivity index (χ1n) is 7.56. The maximum atomic E-state index is 13.6. The summed E-state index contributed by atoms with van der Waals surface area (Å²) in [4.78, 5) is 15.9. The van der Waals surface area contributed by atoms with Crippen molar-refractivity contribution < 1.29 is 13.6 Å². The third-order valence-corrected chi connectivity index (χ3v) is 3.27. The van der Waals surface area contributed by atoms with Crippen molar-refractivity contribution in [3.05, 3.63) is 53.9 Å². The number of hydrogen-bond donors (Lipinski definition) is 2. The average molecular weight is 319 g/mol. The van der Waals surface area contributed by atoms with Gasteiger partial charge in [0.2, 0.25) is 0 Å². The predicted molar refractivity (Wildman–Crippen MR) is 85.7 cm³/mol. The third kappa shape index (κ3) is 5.02. The van der Waals surface area contributed by atoms with Crippen molar-refractivity contribution in [2.45, 2.75) is 26.2 Å².